The van der Waals surface area contributed by atoms with Crippen molar-refractivity contribution in [2.75, 3.05) is 26.4 Å². The Bertz CT molecular complexity index is 1450. The maximum Gasteiger partial charge on any atom is 0.472 e. The Morgan fingerprint density at radius 1 is 0.414 bits per heavy atom. The summed E-state index contributed by atoms with van der Waals surface area (Å²) < 4.78 is 39.4. The second-order valence-electron chi connectivity index (χ2n) is 18.4. The van der Waals surface area contributed by atoms with Gasteiger partial charge in [0.05, 0.1) is 19.8 Å². The van der Waals surface area contributed by atoms with Crippen LogP contribution in [-0.2, 0) is 42.2 Å². The Balaban J connectivity index is 4.81. The monoisotopic (exact) mass is 1000 g/mol. The van der Waals surface area contributed by atoms with Gasteiger partial charge >= 0.3 is 25.7 Å². The van der Waals surface area contributed by atoms with E-state index in [0.29, 0.717) is 19.3 Å². The average molecular weight is 1010 g/mol. The zero-order valence-corrected chi connectivity index (χ0v) is 45.4. The van der Waals surface area contributed by atoms with E-state index in [0.717, 1.165) is 116 Å². The van der Waals surface area contributed by atoms with E-state index in [2.05, 4.69) is 93.7 Å². The van der Waals surface area contributed by atoms with Gasteiger partial charge < -0.3 is 24.2 Å². The lowest BCUT2D eigenvalue weighted by molar-refractivity contribution is -0.161. The van der Waals surface area contributed by atoms with Gasteiger partial charge in [-0.25, -0.2) is 4.57 Å². The van der Waals surface area contributed by atoms with E-state index < -0.39 is 57.8 Å². The largest absolute Gasteiger partial charge is 0.472 e. The third-order valence-corrected chi connectivity index (χ3v) is 12.5. The highest BCUT2D eigenvalue weighted by atomic mass is 31.2. The summed E-state index contributed by atoms with van der Waals surface area (Å²) in [6, 6.07) is 0. The highest BCUT2D eigenvalue weighted by molar-refractivity contribution is 7.47. The highest BCUT2D eigenvalue weighted by Gasteiger charge is 2.28. The Morgan fingerprint density at radius 2 is 0.743 bits per heavy atom. The molecule has 0 bridgehead atoms. The molecule has 70 heavy (non-hydrogen) atoms. The predicted octanol–water partition coefficient (Wildman–Crippen LogP) is 16.1. The molecule has 3 atom stereocenters. The van der Waals surface area contributed by atoms with Gasteiger partial charge in [-0.2, -0.15) is 0 Å². The molecule has 0 rings (SSSR count). The van der Waals surface area contributed by atoms with Crippen LogP contribution in [0.4, 0.5) is 0 Å². The number of aliphatic hydroxyl groups excluding tert-OH is 1. The van der Waals surface area contributed by atoms with Gasteiger partial charge in [-0.05, 0) is 109 Å². The van der Waals surface area contributed by atoms with Crippen LogP contribution in [-0.4, -0.2) is 66.5 Å². The minimum Gasteiger partial charge on any atom is -0.462 e. The van der Waals surface area contributed by atoms with Crippen LogP contribution in [0.5, 0.6) is 0 Å². The maximum absolute atomic E-state index is 12.9. The van der Waals surface area contributed by atoms with Crippen molar-refractivity contribution >= 4 is 25.7 Å². The van der Waals surface area contributed by atoms with E-state index in [4.69, 9.17) is 23.3 Å². The molecule has 3 unspecified atom stereocenters. The van der Waals surface area contributed by atoms with Crippen LogP contribution in [0.2, 0.25) is 0 Å². The number of hydrogen-bond acceptors (Lipinski definition) is 10. The summed E-state index contributed by atoms with van der Waals surface area (Å²) in [5.74, 6) is -1.53. The minimum absolute atomic E-state index is 0.146. The fourth-order valence-corrected chi connectivity index (χ4v) is 8.12. The average Bonchev–Trinajstić information content (AvgIpc) is 3.35. The van der Waals surface area contributed by atoms with Gasteiger partial charge in [-0.3, -0.25) is 23.4 Å². The summed E-state index contributed by atoms with van der Waals surface area (Å²) in [4.78, 5) is 48.4. The number of ether oxygens (including phenoxy) is 3. The number of esters is 3. The first-order chi connectivity index (χ1) is 34.2. The van der Waals surface area contributed by atoms with Crippen molar-refractivity contribution in [2.45, 2.75) is 251 Å². The Hall–Kier alpha value is -3.08. The number of rotatable bonds is 51. The number of aliphatic hydroxyl groups is 1. The Kier molecular flexibility index (Phi) is 50.0. The number of carbonyl (C=O) groups excluding carboxylic acids is 3. The first kappa shape index (κ1) is 66.9. The normalized spacial score (nSPS) is 14.0. The fraction of sp³-hybridized carbons (Fsp3) is 0.741. The minimum atomic E-state index is -4.76. The number of hydrogen-bond donors (Lipinski definition) is 2. The summed E-state index contributed by atoms with van der Waals surface area (Å²) >= 11 is 0. The van der Waals surface area contributed by atoms with Gasteiger partial charge in [0.25, 0.3) is 0 Å². The van der Waals surface area contributed by atoms with Crippen molar-refractivity contribution in [3.63, 3.8) is 0 Å². The van der Waals surface area contributed by atoms with Crippen molar-refractivity contribution in [1.82, 2.24) is 0 Å². The number of phosphoric acid groups is 1. The topological polar surface area (TPSA) is 155 Å². The Morgan fingerprint density at radius 3 is 1.20 bits per heavy atom. The smallest absolute Gasteiger partial charge is 0.462 e. The van der Waals surface area contributed by atoms with Crippen molar-refractivity contribution in [1.29, 1.82) is 0 Å². The predicted molar refractivity (Wildman–Crippen MR) is 288 cm³/mol. The first-order valence-corrected chi connectivity index (χ1v) is 29.3. The van der Waals surface area contributed by atoms with E-state index in [-0.39, 0.29) is 25.9 Å². The van der Waals surface area contributed by atoms with Crippen molar-refractivity contribution in [2.24, 2.45) is 0 Å². The second-order valence-corrected chi connectivity index (χ2v) is 19.8. The van der Waals surface area contributed by atoms with Gasteiger partial charge in [0.2, 0.25) is 0 Å². The van der Waals surface area contributed by atoms with Crippen LogP contribution >= 0.6 is 7.82 Å². The third kappa shape index (κ3) is 49.9. The van der Waals surface area contributed by atoms with Gasteiger partial charge in [-0.1, -0.05) is 184 Å². The van der Waals surface area contributed by atoms with Crippen LogP contribution in [0.3, 0.4) is 0 Å². The lowest BCUT2D eigenvalue weighted by Crippen LogP contribution is -2.30. The quantitative estimate of drug-likeness (QED) is 0.0197. The van der Waals surface area contributed by atoms with Crippen LogP contribution in [0.1, 0.15) is 239 Å². The molecule has 0 radical (unpaired) electrons. The fourth-order valence-electron chi connectivity index (χ4n) is 7.34. The summed E-state index contributed by atoms with van der Waals surface area (Å²) in [5.41, 5.74) is 0. The molecule has 0 fully saturated rings. The highest BCUT2D eigenvalue weighted by Crippen LogP contribution is 2.43. The summed E-state index contributed by atoms with van der Waals surface area (Å²) in [6.07, 6.45) is 57.2. The lowest BCUT2D eigenvalue weighted by Gasteiger charge is -2.21. The molecule has 11 nitrogen and oxygen atoms in total. The lowest BCUT2D eigenvalue weighted by atomic mass is 10.1. The second kappa shape index (κ2) is 52.2. The third-order valence-electron chi connectivity index (χ3n) is 11.6. The molecular formula is C58H101O11P. The van der Waals surface area contributed by atoms with E-state index in [1.807, 2.05) is 0 Å². The van der Waals surface area contributed by atoms with Crippen molar-refractivity contribution in [3.8, 4) is 0 Å². The van der Waals surface area contributed by atoms with Crippen LogP contribution in [0, 0.1) is 0 Å². The van der Waals surface area contributed by atoms with Crippen LogP contribution in [0.15, 0.2) is 72.9 Å². The molecule has 12 heteroatoms. The molecule has 0 aliphatic rings. The molecular weight excluding hydrogens is 904 g/mol. The zero-order valence-electron chi connectivity index (χ0n) is 44.5. The standard InChI is InChI=1S/C58H101O11P/c1-4-7-10-13-16-19-22-25-27-30-32-35-38-41-44-47-56(60)65-51-55(69-58(62)49-46-43-40-37-34-31-28-26-23-20-17-14-11-8-5-2)53-67-70(63,64)66-52-54(50-59)68-57(61)48-45-42-39-36-33-29-24-21-18-15-12-9-6-3/h7,10,16,19,21,24-28,32,35,54-55,59H,4-6,8-9,11-15,17-18,20,22-23,29-31,33-34,36-53H2,1-3H3,(H,63,64)/b10-7-,19-16-,24-21-,27-25-,28-26-,35-32-. The summed E-state index contributed by atoms with van der Waals surface area (Å²) in [5, 5.41) is 9.79. The molecule has 2 N–H and O–H groups in total. The van der Waals surface area contributed by atoms with Crippen LogP contribution < -0.4 is 0 Å². The molecule has 0 aromatic carbocycles. The molecule has 0 saturated carbocycles. The molecule has 0 heterocycles. The summed E-state index contributed by atoms with van der Waals surface area (Å²) in [6.45, 7) is 4.44. The molecule has 0 aromatic heterocycles. The molecule has 0 spiro atoms. The molecule has 404 valence electrons. The summed E-state index contributed by atoms with van der Waals surface area (Å²) in [7, 11) is -4.76. The molecule has 0 amide bonds. The van der Waals surface area contributed by atoms with E-state index in [1.165, 1.54) is 64.2 Å². The van der Waals surface area contributed by atoms with Gasteiger partial charge in [0.1, 0.15) is 12.7 Å². The number of allylic oxidation sites excluding steroid dienone is 12. The number of unbranched alkanes of at least 4 members (excludes halogenated alkanes) is 22. The number of carbonyl (C=O) groups is 3. The number of phosphoric ester groups is 1. The van der Waals surface area contributed by atoms with E-state index >= 15 is 0 Å². The SMILES string of the molecule is CC/C=C\C/C=C\C/C=C\C/C=C\CCCCC(=O)OCC(COP(=O)(O)OCC(CO)OC(=O)CCCCCCC/C=C\CCCCCC)OC(=O)CCCCCCC/C=C\CCCCCCCC. The van der Waals surface area contributed by atoms with E-state index in [1.54, 1.807) is 0 Å². The van der Waals surface area contributed by atoms with Crippen molar-refractivity contribution < 1.29 is 52.2 Å². The van der Waals surface area contributed by atoms with Gasteiger partial charge in [0, 0.05) is 19.3 Å². The first-order valence-electron chi connectivity index (χ1n) is 27.8. The van der Waals surface area contributed by atoms with Gasteiger partial charge in [-0.15, -0.1) is 0 Å². The van der Waals surface area contributed by atoms with Crippen molar-refractivity contribution in [3.05, 3.63) is 72.9 Å². The Labute approximate surface area is 427 Å². The van der Waals surface area contributed by atoms with E-state index in [9.17, 15) is 28.9 Å². The zero-order chi connectivity index (χ0) is 51.3. The molecule has 0 aliphatic carbocycles. The van der Waals surface area contributed by atoms with Gasteiger partial charge in [0.15, 0.2) is 6.10 Å². The molecule has 0 aliphatic heterocycles. The molecule has 0 aromatic rings. The molecule has 0 saturated heterocycles. The maximum atomic E-state index is 12.9. The van der Waals surface area contributed by atoms with Crippen LogP contribution in [0.25, 0.3) is 0 Å².